The van der Waals surface area contributed by atoms with Crippen molar-refractivity contribution in [3.63, 3.8) is 0 Å². The van der Waals surface area contributed by atoms with Crippen molar-refractivity contribution < 1.29 is 13.5 Å². The molecule has 5 heteroatoms. The van der Waals surface area contributed by atoms with Gasteiger partial charge in [0, 0.05) is 6.54 Å². The smallest absolute Gasteiger partial charge is 0.243 e. The van der Waals surface area contributed by atoms with Crippen LogP contribution < -0.4 is 0 Å². The van der Waals surface area contributed by atoms with E-state index in [0.29, 0.717) is 17.9 Å². The maximum atomic E-state index is 12.8. The Bertz CT molecular complexity index is 596. The highest BCUT2D eigenvalue weighted by atomic mass is 32.2. The fraction of sp³-hybridized carbons (Fsp3) is 0.600. The van der Waals surface area contributed by atoms with Crippen molar-refractivity contribution >= 4 is 10.0 Å². The molecule has 20 heavy (non-hydrogen) atoms. The molecule has 0 aromatic heterocycles. The van der Waals surface area contributed by atoms with E-state index in [1.54, 1.807) is 12.1 Å². The predicted molar refractivity (Wildman–Crippen MR) is 76.9 cm³/mol. The minimum Gasteiger partial charge on any atom is -0.388 e. The van der Waals surface area contributed by atoms with Crippen molar-refractivity contribution in [2.75, 3.05) is 6.54 Å². The molecule has 4 nitrogen and oxygen atoms in total. The molecule has 2 atom stereocenters. The van der Waals surface area contributed by atoms with Crippen LogP contribution in [0.5, 0.6) is 0 Å². The second-order valence-corrected chi connectivity index (χ2v) is 7.93. The van der Waals surface area contributed by atoms with E-state index in [1.165, 1.54) is 4.31 Å². The number of hydrogen-bond donors (Lipinski definition) is 1. The van der Waals surface area contributed by atoms with Crippen LogP contribution in [0.25, 0.3) is 0 Å². The second-order valence-electron chi connectivity index (χ2n) is 6.04. The van der Waals surface area contributed by atoms with Gasteiger partial charge in [0.05, 0.1) is 16.5 Å². The zero-order valence-corrected chi connectivity index (χ0v) is 12.6. The SMILES string of the molecule is Cc1ccc(S(=O)(=O)N2CC[C@@]3(O)CCCC[C@@H]23)cc1. The van der Waals surface area contributed by atoms with Crippen molar-refractivity contribution in [3.8, 4) is 0 Å². The fourth-order valence-electron chi connectivity index (χ4n) is 3.50. The molecule has 1 aliphatic heterocycles. The summed E-state index contributed by atoms with van der Waals surface area (Å²) in [4.78, 5) is 0.331. The molecule has 0 spiro atoms. The lowest BCUT2D eigenvalue weighted by Gasteiger charge is -2.37. The van der Waals surface area contributed by atoms with Crippen molar-refractivity contribution in [3.05, 3.63) is 29.8 Å². The summed E-state index contributed by atoms with van der Waals surface area (Å²) in [5.41, 5.74) is 0.232. The van der Waals surface area contributed by atoms with Gasteiger partial charge in [-0.1, -0.05) is 30.5 Å². The monoisotopic (exact) mass is 295 g/mol. The van der Waals surface area contributed by atoms with Gasteiger partial charge < -0.3 is 5.11 Å². The zero-order valence-electron chi connectivity index (χ0n) is 11.7. The first-order valence-electron chi connectivity index (χ1n) is 7.24. The van der Waals surface area contributed by atoms with Gasteiger partial charge in [0.25, 0.3) is 0 Å². The number of fused-ring (bicyclic) bond motifs is 1. The molecule has 1 saturated heterocycles. The number of hydrogen-bond acceptors (Lipinski definition) is 3. The van der Waals surface area contributed by atoms with Crippen LogP contribution in [0.15, 0.2) is 29.2 Å². The lowest BCUT2D eigenvalue weighted by atomic mass is 9.81. The van der Waals surface area contributed by atoms with Crippen LogP contribution >= 0.6 is 0 Å². The van der Waals surface area contributed by atoms with Crippen LogP contribution in [0.1, 0.15) is 37.7 Å². The number of rotatable bonds is 2. The first kappa shape index (κ1) is 14.0. The van der Waals surface area contributed by atoms with E-state index in [4.69, 9.17) is 0 Å². The van der Waals surface area contributed by atoms with Gasteiger partial charge in [0.1, 0.15) is 0 Å². The fourth-order valence-corrected chi connectivity index (χ4v) is 5.22. The van der Waals surface area contributed by atoms with Gasteiger partial charge in [-0.15, -0.1) is 0 Å². The van der Waals surface area contributed by atoms with Crippen molar-refractivity contribution in [2.45, 2.75) is 55.6 Å². The van der Waals surface area contributed by atoms with Gasteiger partial charge in [-0.2, -0.15) is 4.31 Å². The Balaban J connectivity index is 1.94. The summed E-state index contributed by atoms with van der Waals surface area (Å²) in [6.45, 7) is 2.36. The Morgan fingerprint density at radius 2 is 1.90 bits per heavy atom. The minimum absolute atomic E-state index is 0.248. The molecule has 1 N–H and O–H groups in total. The highest BCUT2D eigenvalue weighted by Gasteiger charge is 2.51. The third-order valence-corrected chi connectivity index (χ3v) is 6.62. The molecular weight excluding hydrogens is 274 g/mol. The van der Waals surface area contributed by atoms with Gasteiger partial charge in [-0.3, -0.25) is 0 Å². The zero-order chi connectivity index (χ0) is 14.4. The van der Waals surface area contributed by atoms with Crippen molar-refractivity contribution in [1.29, 1.82) is 0 Å². The normalized spacial score (nSPS) is 31.2. The summed E-state index contributed by atoms with van der Waals surface area (Å²) < 4.78 is 27.0. The van der Waals surface area contributed by atoms with Crippen LogP contribution in [-0.2, 0) is 10.0 Å². The largest absolute Gasteiger partial charge is 0.388 e. The van der Waals surface area contributed by atoms with Crippen LogP contribution in [-0.4, -0.2) is 36.0 Å². The molecule has 1 heterocycles. The van der Waals surface area contributed by atoms with Gasteiger partial charge in [0.2, 0.25) is 10.0 Å². The molecular formula is C15H21NO3S. The van der Waals surface area contributed by atoms with E-state index in [0.717, 1.165) is 31.2 Å². The molecule has 110 valence electrons. The van der Waals surface area contributed by atoms with Gasteiger partial charge in [0.15, 0.2) is 0 Å². The van der Waals surface area contributed by atoms with Crippen LogP contribution in [0.3, 0.4) is 0 Å². The minimum atomic E-state index is -3.49. The molecule has 2 aliphatic rings. The third kappa shape index (κ3) is 2.18. The Morgan fingerprint density at radius 1 is 1.20 bits per heavy atom. The van der Waals surface area contributed by atoms with Crippen LogP contribution in [0, 0.1) is 6.92 Å². The van der Waals surface area contributed by atoms with Gasteiger partial charge >= 0.3 is 0 Å². The molecule has 1 aromatic rings. The quantitative estimate of drug-likeness (QED) is 0.908. The Kier molecular flexibility index (Phi) is 3.39. The molecule has 0 amide bonds. The number of benzene rings is 1. The predicted octanol–water partition coefficient (Wildman–Crippen LogP) is 2.06. The van der Waals surface area contributed by atoms with E-state index in [1.807, 2.05) is 19.1 Å². The van der Waals surface area contributed by atoms with E-state index in [9.17, 15) is 13.5 Å². The maximum Gasteiger partial charge on any atom is 0.243 e. The Labute approximate surface area is 120 Å². The first-order valence-corrected chi connectivity index (χ1v) is 8.68. The second kappa shape index (κ2) is 4.83. The summed E-state index contributed by atoms with van der Waals surface area (Å²) in [5, 5.41) is 10.6. The summed E-state index contributed by atoms with van der Waals surface area (Å²) >= 11 is 0. The molecule has 2 fully saturated rings. The molecule has 1 saturated carbocycles. The highest BCUT2D eigenvalue weighted by Crippen LogP contribution is 2.42. The standard InChI is InChI=1S/C15H21NO3S/c1-12-5-7-13(8-6-12)20(18,19)16-11-10-15(17)9-3-2-4-14(15)16/h5-8,14,17H,2-4,9-11H2,1H3/t14-,15+/m1/s1. The highest BCUT2D eigenvalue weighted by molar-refractivity contribution is 7.89. The number of aliphatic hydroxyl groups is 1. The van der Waals surface area contributed by atoms with Crippen LogP contribution in [0.2, 0.25) is 0 Å². The van der Waals surface area contributed by atoms with E-state index < -0.39 is 15.6 Å². The summed E-state index contributed by atoms with van der Waals surface area (Å²) in [7, 11) is -3.49. The summed E-state index contributed by atoms with van der Waals surface area (Å²) in [6.07, 6.45) is 4.03. The average Bonchev–Trinajstić information content (AvgIpc) is 2.77. The molecule has 0 unspecified atom stereocenters. The summed E-state index contributed by atoms with van der Waals surface area (Å²) in [6, 6.07) is 6.70. The topological polar surface area (TPSA) is 57.6 Å². The summed E-state index contributed by atoms with van der Waals surface area (Å²) in [5.74, 6) is 0. The average molecular weight is 295 g/mol. The molecule has 1 aliphatic carbocycles. The molecule has 0 bridgehead atoms. The Hall–Kier alpha value is -0.910. The van der Waals surface area contributed by atoms with Crippen LogP contribution in [0.4, 0.5) is 0 Å². The van der Waals surface area contributed by atoms with E-state index in [2.05, 4.69) is 0 Å². The number of nitrogens with zero attached hydrogens (tertiary/aromatic N) is 1. The first-order chi connectivity index (χ1) is 9.43. The van der Waals surface area contributed by atoms with E-state index >= 15 is 0 Å². The lowest BCUT2D eigenvalue weighted by molar-refractivity contribution is -0.0126. The van der Waals surface area contributed by atoms with Crippen molar-refractivity contribution in [1.82, 2.24) is 4.31 Å². The van der Waals surface area contributed by atoms with Gasteiger partial charge in [-0.25, -0.2) is 8.42 Å². The number of aryl methyl sites for hydroxylation is 1. The number of sulfonamides is 1. The molecule has 3 rings (SSSR count). The van der Waals surface area contributed by atoms with Gasteiger partial charge in [-0.05, 0) is 38.3 Å². The Morgan fingerprint density at radius 3 is 2.60 bits per heavy atom. The lowest BCUT2D eigenvalue weighted by Crippen LogP contribution is -2.48. The maximum absolute atomic E-state index is 12.8. The molecule has 0 radical (unpaired) electrons. The molecule has 1 aromatic carbocycles. The van der Waals surface area contributed by atoms with Crippen molar-refractivity contribution in [2.24, 2.45) is 0 Å². The third-order valence-electron chi connectivity index (χ3n) is 4.70. The van der Waals surface area contributed by atoms with E-state index in [-0.39, 0.29) is 6.04 Å².